The molecule has 0 bridgehead atoms. The Bertz CT molecular complexity index is 1380. The number of morpholine rings is 1. The van der Waals surface area contributed by atoms with Gasteiger partial charge in [-0.15, -0.1) is 0 Å². The smallest absolute Gasteiger partial charge is 0.412 e. The Hall–Kier alpha value is -4.17. The maximum atomic E-state index is 14.9. The number of alkyl halides is 3. The van der Waals surface area contributed by atoms with Crippen LogP contribution in [0.2, 0.25) is 0 Å². The first-order valence-corrected chi connectivity index (χ1v) is 13.7. The molecular weight excluding hydrogens is 594 g/mol. The van der Waals surface area contributed by atoms with E-state index in [9.17, 15) is 35.9 Å². The first kappa shape index (κ1) is 32.7. The number of halogens is 6. The molecule has 0 aliphatic carbocycles. The summed E-state index contributed by atoms with van der Waals surface area (Å²) in [5, 5.41) is 5.65. The number of anilines is 1. The zero-order valence-corrected chi connectivity index (χ0v) is 23.5. The van der Waals surface area contributed by atoms with Gasteiger partial charge in [0.15, 0.2) is 0 Å². The topological polar surface area (TPSA) is 92.8 Å². The Morgan fingerprint density at radius 1 is 1.02 bits per heavy atom. The molecular formula is C30H30F6N4O4. The van der Waals surface area contributed by atoms with Crippen molar-refractivity contribution in [1.82, 2.24) is 15.2 Å². The molecule has 2 N–H and O–H groups in total. The largest absolute Gasteiger partial charge is 0.418 e. The highest BCUT2D eigenvalue weighted by atomic mass is 19.4. The minimum Gasteiger partial charge on any atom is -0.418 e. The van der Waals surface area contributed by atoms with E-state index in [1.54, 1.807) is 0 Å². The minimum atomic E-state index is -4.59. The molecule has 3 aromatic rings. The van der Waals surface area contributed by atoms with Crippen molar-refractivity contribution in [3.05, 3.63) is 95.1 Å². The number of aromatic nitrogens is 1. The van der Waals surface area contributed by atoms with Crippen molar-refractivity contribution < 1.29 is 45.4 Å². The molecule has 0 radical (unpaired) electrons. The van der Waals surface area contributed by atoms with Crippen molar-refractivity contribution >= 4 is 17.7 Å². The summed E-state index contributed by atoms with van der Waals surface area (Å²) < 4.78 is 90.5. The van der Waals surface area contributed by atoms with Crippen molar-refractivity contribution in [2.75, 3.05) is 32.0 Å². The minimum absolute atomic E-state index is 0.0519. The van der Waals surface area contributed by atoms with Crippen molar-refractivity contribution in [3.63, 3.8) is 0 Å². The fourth-order valence-electron chi connectivity index (χ4n) is 4.78. The van der Waals surface area contributed by atoms with Gasteiger partial charge in [0.2, 0.25) is 12.2 Å². The second kappa shape index (κ2) is 14.5. The summed E-state index contributed by atoms with van der Waals surface area (Å²) >= 11 is 0. The van der Waals surface area contributed by atoms with Crippen LogP contribution in [0.25, 0.3) is 0 Å². The number of nitrogens with zero attached hydrogens (tertiary/aromatic N) is 2. The predicted molar refractivity (Wildman–Crippen MR) is 147 cm³/mol. The zero-order valence-electron chi connectivity index (χ0n) is 23.5. The molecule has 2 aromatic carbocycles. The number of benzene rings is 2. The SMILES string of the molecule is CN(CC(F)(F)F)C(=O)O[C@H]1CNC[C@@H](CCc2c(F)cncc2NC(=O)CC(c2ccc(F)cc2)c2ccc(F)cc2)O1. The summed E-state index contributed by atoms with van der Waals surface area (Å²) in [5.41, 5.74) is 1.49. The van der Waals surface area contributed by atoms with E-state index in [1.807, 2.05) is 0 Å². The molecule has 44 heavy (non-hydrogen) atoms. The predicted octanol–water partition coefficient (Wildman–Crippen LogP) is 5.54. The van der Waals surface area contributed by atoms with Gasteiger partial charge in [0, 0.05) is 31.5 Å². The van der Waals surface area contributed by atoms with Gasteiger partial charge in [-0.1, -0.05) is 24.3 Å². The van der Waals surface area contributed by atoms with Crippen LogP contribution in [0.5, 0.6) is 0 Å². The maximum absolute atomic E-state index is 14.9. The van der Waals surface area contributed by atoms with Crippen LogP contribution in [-0.2, 0) is 20.7 Å². The van der Waals surface area contributed by atoms with Gasteiger partial charge < -0.3 is 25.0 Å². The monoisotopic (exact) mass is 624 g/mol. The molecule has 1 aromatic heterocycles. The van der Waals surface area contributed by atoms with E-state index in [1.165, 1.54) is 54.7 Å². The average Bonchev–Trinajstić information content (AvgIpc) is 2.96. The van der Waals surface area contributed by atoms with E-state index in [-0.39, 0.29) is 37.1 Å². The highest BCUT2D eigenvalue weighted by molar-refractivity contribution is 5.92. The average molecular weight is 625 g/mol. The lowest BCUT2D eigenvalue weighted by Crippen LogP contribution is -2.48. The number of pyridine rings is 1. The number of hydrogen-bond donors (Lipinski definition) is 2. The number of carbonyl (C=O) groups excluding carboxylic acids is 2. The number of ether oxygens (including phenoxy) is 2. The van der Waals surface area contributed by atoms with Gasteiger partial charge >= 0.3 is 12.3 Å². The van der Waals surface area contributed by atoms with E-state index in [0.29, 0.717) is 22.6 Å². The Morgan fingerprint density at radius 2 is 1.64 bits per heavy atom. The van der Waals surface area contributed by atoms with Crippen LogP contribution in [0.1, 0.15) is 35.4 Å². The van der Waals surface area contributed by atoms with Crippen molar-refractivity contribution in [2.45, 2.75) is 43.8 Å². The Morgan fingerprint density at radius 3 is 2.23 bits per heavy atom. The number of nitrogens with one attached hydrogen (secondary N) is 2. The van der Waals surface area contributed by atoms with Crippen LogP contribution in [0, 0.1) is 17.5 Å². The van der Waals surface area contributed by atoms with E-state index in [2.05, 4.69) is 15.6 Å². The van der Waals surface area contributed by atoms with Crippen LogP contribution >= 0.6 is 0 Å². The lowest BCUT2D eigenvalue weighted by atomic mass is 9.88. The molecule has 1 aliphatic heterocycles. The molecule has 1 fully saturated rings. The Balaban J connectivity index is 1.40. The molecule has 2 atom stereocenters. The van der Waals surface area contributed by atoms with Crippen LogP contribution in [0.15, 0.2) is 60.9 Å². The highest BCUT2D eigenvalue weighted by Gasteiger charge is 2.33. The second-order valence-electron chi connectivity index (χ2n) is 10.3. The third kappa shape index (κ3) is 9.41. The Labute approximate surface area is 249 Å². The molecule has 4 rings (SSSR count). The fourth-order valence-corrected chi connectivity index (χ4v) is 4.78. The van der Waals surface area contributed by atoms with Crippen LogP contribution in [-0.4, -0.2) is 67.1 Å². The van der Waals surface area contributed by atoms with E-state index < -0.39 is 60.5 Å². The van der Waals surface area contributed by atoms with E-state index in [0.717, 1.165) is 13.2 Å². The maximum Gasteiger partial charge on any atom is 0.412 e. The number of amides is 2. The van der Waals surface area contributed by atoms with Crippen LogP contribution in [0.3, 0.4) is 0 Å². The van der Waals surface area contributed by atoms with Crippen LogP contribution in [0.4, 0.5) is 36.8 Å². The fraction of sp³-hybridized carbons (Fsp3) is 0.367. The van der Waals surface area contributed by atoms with Crippen LogP contribution < -0.4 is 10.6 Å². The molecule has 0 unspecified atom stereocenters. The van der Waals surface area contributed by atoms with Gasteiger partial charge in [0.05, 0.1) is 30.7 Å². The number of hydrogen-bond acceptors (Lipinski definition) is 6. The summed E-state index contributed by atoms with van der Waals surface area (Å²) in [4.78, 5) is 29.4. The van der Waals surface area contributed by atoms with Gasteiger partial charge in [-0.3, -0.25) is 9.78 Å². The third-order valence-corrected chi connectivity index (χ3v) is 6.92. The molecule has 0 saturated carbocycles. The highest BCUT2D eigenvalue weighted by Crippen LogP contribution is 2.30. The van der Waals surface area contributed by atoms with Crippen molar-refractivity contribution in [3.8, 4) is 0 Å². The van der Waals surface area contributed by atoms with Gasteiger partial charge in [0.1, 0.15) is 24.0 Å². The van der Waals surface area contributed by atoms with Gasteiger partial charge in [-0.25, -0.2) is 18.0 Å². The lowest BCUT2D eigenvalue weighted by molar-refractivity contribution is -0.169. The Kier molecular flexibility index (Phi) is 10.8. The van der Waals surface area contributed by atoms with Gasteiger partial charge in [-0.2, -0.15) is 13.2 Å². The normalized spacial score (nSPS) is 16.9. The molecule has 2 heterocycles. The number of carbonyl (C=O) groups is 2. The second-order valence-corrected chi connectivity index (χ2v) is 10.3. The quantitative estimate of drug-likeness (QED) is 0.288. The first-order valence-electron chi connectivity index (χ1n) is 13.7. The molecule has 1 saturated heterocycles. The molecule has 0 spiro atoms. The van der Waals surface area contributed by atoms with Crippen molar-refractivity contribution in [2.24, 2.45) is 0 Å². The van der Waals surface area contributed by atoms with Gasteiger partial charge in [-0.05, 0) is 48.2 Å². The standard InChI is InChI=1S/C30H30F6N4O4/c1-40(17-30(34,35)36)29(42)44-28-16-37-13-22(43-28)10-11-23-25(33)14-38-15-26(23)39-27(41)12-24(18-2-6-20(31)7-3-18)19-4-8-21(32)9-5-19/h2-9,14-15,22,24,28,37H,10-13,16-17H2,1H3,(H,39,41)/t22-,28+/m1/s1. The molecule has 1 aliphatic rings. The van der Waals surface area contributed by atoms with E-state index >= 15 is 0 Å². The number of rotatable bonds is 10. The van der Waals surface area contributed by atoms with Crippen molar-refractivity contribution in [1.29, 1.82) is 0 Å². The summed E-state index contributed by atoms with van der Waals surface area (Å²) in [7, 11) is 0.952. The summed E-state index contributed by atoms with van der Waals surface area (Å²) in [6, 6.07) is 11.1. The third-order valence-electron chi connectivity index (χ3n) is 6.92. The summed E-state index contributed by atoms with van der Waals surface area (Å²) in [6.07, 6.45) is -5.11. The molecule has 236 valence electrons. The first-order chi connectivity index (χ1) is 20.9. The zero-order chi connectivity index (χ0) is 31.9. The van der Waals surface area contributed by atoms with Gasteiger partial charge in [0.25, 0.3) is 0 Å². The molecule has 8 nitrogen and oxygen atoms in total. The molecule has 14 heteroatoms. The van der Waals surface area contributed by atoms with E-state index in [4.69, 9.17) is 9.47 Å². The summed E-state index contributed by atoms with van der Waals surface area (Å²) in [5.74, 6) is -2.65. The molecule has 2 amide bonds. The summed E-state index contributed by atoms with van der Waals surface area (Å²) in [6.45, 7) is -1.13. The lowest BCUT2D eigenvalue weighted by Gasteiger charge is -2.31.